The number of morpholine rings is 2. The molecule has 4 atom stereocenters. The van der Waals surface area contributed by atoms with Gasteiger partial charge in [-0.1, -0.05) is 12.2 Å². The van der Waals surface area contributed by atoms with Gasteiger partial charge < -0.3 is 19.3 Å². The first-order valence-corrected chi connectivity index (χ1v) is 8.67. The molecule has 6 nitrogen and oxygen atoms in total. The van der Waals surface area contributed by atoms with Gasteiger partial charge in [0, 0.05) is 26.2 Å². The van der Waals surface area contributed by atoms with Crippen LogP contribution in [0.2, 0.25) is 0 Å². The molecule has 2 heterocycles. The van der Waals surface area contributed by atoms with Crippen LogP contribution in [0, 0.1) is 23.7 Å². The number of fused-ring (bicyclic) bond motifs is 2. The minimum Gasteiger partial charge on any atom is -0.378 e. The molecule has 2 bridgehead atoms. The second-order valence-electron chi connectivity index (χ2n) is 6.88. The van der Waals surface area contributed by atoms with Crippen LogP contribution in [0.25, 0.3) is 0 Å². The van der Waals surface area contributed by atoms with E-state index in [9.17, 15) is 9.59 Å². The zero-order valence-electron chi connectivity index (χ0n) is 13.4. The fourth-order valence-corrected chi connectivity index (χ4v) is 4.48. The zero-order valence-corrected chi connectivity index (χ0v) is 13.4. The van der Waals surface area contributed by atoms with Gasteiger partial charge in [-0.3, -0.25) is 9.59 Å². The summed E-state index contributed by atoms with van der Waals surface area (Å²) in [6.07, 6.45) is 5.25. The predicted molar refractivity (Wildman–Crippen MR) is 82.5 cm³/mol. The predicted octanol–water partition coefficient (Wildman–Crippen LogP) is 0.142. The molecule has 2 aliphatic carbocycles. The molecule has 0 radical (unpaired) electrons. The molecule has 1 saturated carbocycles. The highest BCUT2D eigenvalue weighted by molar-refractivity contribution is 5.90. The summed E-state index contributed by atoms with van der Waals surface area (Å²) in [5.41, 5.74) is 0. The largest absolute Gasteiger partial charge is 0.378 e. The third-order valence-corrected chi connectivity index (χ3v) is 5.68. The molecule has 23 heavy (non-hydrogen) atoms. The summed E-state index contributed by atoms with van der Waals surface area (Å²) in [5.74, 6) is 0.390. The third-order valence-electron chi connectivity index (χ3n) is 5.68. The maximum Gasteiger partial charge on any atom is 0.227 e. The lowest BCUT2D eigenvalue weighted by Gasteiger charge is -2.36. The first-order valence-electron chi connectivity index (χ1n) is 8.67. The number of rotatable bonds is 2. The van der Waals surface area contributed by atoms with E-state index in [1.807, 2.05) is 9.80 Å². The van der Waals surface area contributed by atoms with Gasteiger partial charge in [0.1, 0.15) is 0 Å². The Morgan fingerprint density at radius 1 is 0.739 bits per heavy atom. The second kappa shape index (κ2) is 6.24. The fourth-order valence-electron chi connectivity index (χ4n) is 4.48. The molecule has 0 N–H and O–H groups in total. The summed E-state index contributed by atoms with van der Waals surface area (Å²) in [4.78, 5) is 29.8. The quantitative estimate of drug-likeness (QED) is 0.679. The average Bonchev–Trinajstić information content (AvgIpc) is 3.23. The van der Waals surface area contributed by atoms with E-state index in [0.717, 1.165) is 6.42 Å². The van der Waals surface area contributed by atoms with Gasteiger partial charge in [0.05, 0.1) is 38.3 Å². The van der Waals surface area contributed by atoms with Crippen LogP contribution in [0.15, 0.2) is 12.2 Å². The van der Waals surface area contributed by atoms with Gasteiger partial charge in [0.15, 0.2) is 0 Å². The van der Waals surface area contributed by atoms with Gasteiger partial charge in [-0.2, -0.15) is 0 Å². The molecule has 6 heteroatoms. The van der Waals surface area contributed by atoms with Crippen molar-refractivity contribution in [2.75, 3.05) is 52.6 Å². The summed E-state index contributed by atoms with van der Waals surface area (Å²) in [7, 11) is 0. The molecule has 2 aliphatic heterocycles. The Balaban J connectivity index is 1.53. The minimum atomic E-state index is -0.182. The molecule has 126 valence electrons. The number of carbonyl (C=O) groups excluding carboxylic acids is 2. The smallest absolute Gasteiger partial charge is 0.227 e. The number of hydrogen-bond donors (Lipinski definition) is 0. The number of carbonyl (C=O) groups is 2. The Morgan fingerprint density at radius 2 is 1.13 bits per heavy atom. The van der Waals surface area contributed by atoms with Crippen LogP contribution in [-0.4, -0.2) is 74.2 Å². The summed E-state index contributed by atoms with van der Waals surface area (Å²) >= 11 is 0. The Morgan fingerprint density at radius 3 is 1.52 bits per heavy atom. The number of ether oxygens (including phenoxy) is 2. The van der Waals surface area contributed by atoms with Crippen LogP contribution >= 0.6 is 0 Å². The van der Waals surface area contributed by atoms with Crippen LogP contribution in [0.3, 0.4) is 0 Å². The van der Waals surface area contributed by atoms with Crippen LogP contribution in [0.1, 0.15) is 6.42 Å². The highest BCUT2D eigenvalue weighted by Crippen LogP contribution is 2.49. The van der Waals surface area contributed by atoms with Crippen LogP contribution < -0.4 is 0 Å². The molecule has 4 rings (SSSR count). The van der Waals surface area contributed by atoms with Crippen molar-refractivity contribution in [1.29, 1.82) is 0 Å². The Hall–Kier alpha value is -1.40. The SMILES string of the molecule is O=C([C@@H]1[C@H](C(=O)N2CCOCC2)[C@@H]2C=C[C@H]1C2)N1CCOCC1. The maximum atomic E-state index is 13.0. The van der Waals surface area contributed by atoms with Crippen molar-refractivity contribution in [3.05, 3.63) is 12.2 Å². The number of amides is 2. The van der Waals surface area contributed by atoms with E-state index in [4.69, 9.17) is 9.47 Å². The average molecular weight is 320 g/mol. The summed E-state index contributed by atoms with van der Waals surface area (Å²) in [6.45, 7) is 5.00. The van der Waals surface area contributed by atoms with Gasteiger partial charge in [0.25, 0.3) is 0 Å². The molecule has 0 aromatic rings. The van der Waals surface area contributed by atoms with Crippen LogP contribution in [0.5, 0.6) is 0 Å². The van der Waals surface area contributed by atoms with Crippen molar-refractivity contribution in [2.45, 2.75) is 6.42 Å². The van der Waals surface area contributed by atoms with Gasteiger partial charge >= 0.3 is 0 Å². The molecule has 2 amide bonds. The Kier molecular flexibility index (Phi) is 4.11. The molecule has 4 aliphatic rings. The Bertz CT molecular complexity index is 465. The van der Waals surface area contributed by atoms with Crippen LogP contribution in [-0.2, 0) is 19.1 Å². The molecule has 3 fully saturated rings. The van der Waals surface area contributed by atoms with E-state index in [1.54, 1.807) is 0 Å². The number of hydrogen-bond acceptors (Lipinski definition) is 4. The van der Waals surface area contributed by atoms with Crippen molar-refractivity contribution >= 4 is 11.8 Å². The first-order chi connectivity index (χ1) is 11.3. The van der Waals surface area contributed by atoms with E-state index in [1.165, 1.54) is 0 Å². The van der Waals surface area contributed by atoms with Crippen molar-refractivity contribution in [2.24, 2.45) is 23.7 Å². The lowest BCUT2D eigenvalue weighted by molar-refractivity contribution is -0.151. The van der Waals surface area contributed by atoms with Gasteiger partial charge in [0.2, 0.25) is 11.8 Å². The highest BCUT2D eigenvalue weighted by Gasteiger charge is 2.53. The number of allylic oxidation sites excluding steroid dienone is 2. The lowest BCUT2D eigenvalue weighted by atomic mass is 9.81. The van der Waals surface area contributed by atoms with Crippen molar-refractivity contribution in [1.82, 2.24) is 9.80 Å². The lowest BCUT2D eigenvalue weighted by Crippen LogP contribution is -2.51. The molecular weight excluding hydrogens is 296 g/mol. The fraction of sp³-hybridized carbons (Fsp3) is 0.765. The maximum absolute atomic E-state index is 13.0. The minimum absolute atomic E-state index is 0.150. The molecule has 0 unspecified atom stereocenters. The Labute approximate surface area is 136 Å². The van der Waals surface area contributed by atoms with Crippen molar-refractivity contribution in [3.63, 3.8) is 0 Å². The summed E-state index contributed by atoms with van der Waals surface area (Å²) in [5, 5.41) is 0. The van der Waals surface area contributed by atoms with E-state index in [0.29, 0.717) is 52.6 Å². The number of nitrogens with zero attached hydrogens (tertiary/aromatic N) is 2. The monoisotopic (exact) mass is 320 g/mol. The van der Waals surface area contributed by atoms with E-state index >= 15 is 0 Å². The zero-order chi connectivity index (χ0) is 15.8. The van der Waals surface area contributed by atoms with Gasteiger partial charge in [-0.05, 0) is 18.3 Å². The third kappa shape index (κ3) is 2.68. The normalized spacial score (nSPS) is 36.5. The molecule has 2 saturated heterocycles. The molecule has 0 spiro atoms. The van der Waals surface area contributed by atoms with Crippen molar-refractivity contribution < 1.29 is 19.1 Å². The molecule has 0 aromatic carbocycles. The molecular formula is C17H24N2O4. The van der Waals surface area contributed by atoms with Gasteiger partial charge in [-0.25, -0.2) is 0 Å². The highest BCUT2D eigenvalue weighted by atomic mass is 16.5. The topological polar surface area (TPSA) is 59.1 Å². The second-order valence-corrected chi connectivity index (χ2v) is 6.88. The molecule has 0 aromatic heterocycles. The summed E-state index contributed by atoms with van der Waals surface area (Å²) < 4.78 is 10.7. The van der Waals surface area contributed by atoms with Gasteiger partial charge in [-0.15, -0.1) is 0 Å². The van der Waals surface area contributed by atoms with Crippen molar-refractivity contribution in [3.8, 4) is 0 Å². The standard InChI is InChI=1S/C17H24N2O4/c20-16(18-3-7-22-8-4-18)14-12-1-2-13(11-12)15(14)17(21)19-5-9-23-10-6-19/h1-2,12-15H,3-11H2/t12-,13+,14-,15+. The summed E-state index contributed by atoms with van der Waals surface area (Å²) in [6, 6.07) is 0. The van der Waals surface area contributed by atoms with E-state index in [-0.39, 0.29) is 35.5 Å². The van der Waals surface area contributed by atoms with E-state index in [2.05, 4.69) is 12.2 Å². The van der Waals surface area contributed by atoms with E-state index < -0.39 is 0 Å². The van der Waals surface area contributed by atoms with Crippen LogP contribution in [0.4, 0.5) is 0 Å². The first kappa shape index (κ1) is 15.1.